The average molecular weight is 374 g/mol. The standard InChI is InChI=1S/C14H11F2NO2.C7H13N/c15-10-6-4-9(5-7-10)13(14(18)19)17-12-3-1-2-11(16)8-12;1-4-8-5-2-7(1)3-6-8/h1-8,13,17H,(H,18,19);7H,1-6H2. The predicted octanol–water partition coefficient (Wildman–Crippen LogP) is 4.30. The van der Waals surface area contributed by atoms with E-state index in [1.807, 2.05) is 0 Å². The molecule has 3 aliphatic rings. The first-order chi connectivity index (χ1) is 13.0. The number of anilines is 1. The molecule has 0 amide bonds. The number of carboxylic acid groups (broad SMARTS) is 1. The molecule has 4 nitrogen and oxygen atoms in total. The fraction of sp³-hybridized carbons (Fsp3) is 0.381. The Kier molecular flexibility index (Phi) is 6.40. The number of nitrogens with one attached hydrogen (secondary N) is 1. The molecule has 3 heterocycles. The number of fused-ring (bicyclic) bond motifs is 3. The van der Waals surface area contributed by atoms with Crippen LogP contribution in [0.25, 0.3) is 0 Å². The molecular formula is C21H24F2N2O2. The molecule has 2 N–H and O–H groups in total. The quantitative estimate of drug-likeness (QED) is 0.838. The van der Waals surface area contributed by atoms with Gasteiger partial charge in [0.05, 0.1) is 0 Å². The number of aliphatic carboxylic acids is 1. The number of carboxylic acids is 1. The highest BCUT2D eigenvalue weighted by molar-refractivity contribution is 5.79. The molecule has 6 heteroatoms. The lowest BCUT2D eigenvalue weighted by Gasteiger charge is -2.38. The van der Waals surface area contributed by atoms with Crippen LogP contribution in [0.15, 0.2) is 48.5 Å². The van der Waals surface area contributed by atoms with Crippen molar-refractivity contribution in [3.63, 3.8) is 0 Å². The zero-order chi connectivity index (χ0) is 19.2. The zero-order valence-electron chi connectivity index (χ0n) is 15.1. The van der Waals surface area contributed by atoms with Crippen molar-refractivity contribution in [2.75, 3.05) is 25.0 Å². The number of piperidine rings is 3. The number of carbonyl (C=O) groups is 1. The van der Waals surface area contributed by atoms with Gasteiger partial charge in [-0.2, -0.15) is 0 Å². The summed E-state index contributed by atoms with van der Waals surface area (Å²) in [4.78, 5) is 13.8. The van der Waals surface area contributed by atoms with Gasteiger partial charge in [-0.05, 0) is 80.7 Å². The molecule has 0 saturated carbocycles. The van der Waals surface area contributed by atoms with Gasteiger partial charge < -0.3 is 15.3 Å². The van der Waals surface area contributed by atoms with E-state index in [9.17, 15) is 18.7 Å². The smallest absolute Gasteiger partial charge is 0.330 e. The molecule has 0 spiro atoms. The number of halogens is 2. The number of hydrogen-bond acceptors (Lipinski definition) is 3. The summed E-state index contributed by atoms with van der Waals surface area (Å²) in [6, 6.07) is 9.53. The molecule has 0 aliphatic carbocycles. The van der Waals surface area contributed by atoms with E-state index in [1.165, 1.54) is 81.4 Å². The van der Waals surface area contributed by atoms with Gasteiger partial charge in [0.1, 0.15) is 11.6 Å². The fourth-order valence-corrected chi connectivity index (χ4v) is 3.55. The molecule has 2 aromatic carbocycles. The third-order valence-corrected chi connectivity index (χ3v) is 5.15. The van der Waals surface area contributed by atoms with Gasteiger partial charge in [-0.15, -0.1) is 0 Å². The molecule has 144 valence electrons. The average Bonchev–Trinajstić information content (AvgIpc) is 2.69. The molecule has 0 radical (unpaired) electrons. The Labute approximate surface area is 157 Å². The molecule has 3 aliphatic heterocycles. The second-order valence-corrected chi connectivity index (χ2v) is 7.05. The number of nitrogens with zero attached hydrogens (tertiary/aromatic N) is 1. The maximum absolute atomic E-state index is 13.0. The molecule has 1 unspecified atom stereocenters. The molecule has 2 bridgehead atoms. The van der Waals surface area contributed by atoms with Crippen LogP contribution < -0.4 is 5.32 Å². The minimum absolute atomic E-state index is 0.344. The van der Waals surface area contributed by atoms with E-state index in [4.69, 9.17) is 0 Å². The summed E-state index contributed by atoms with van der Waals surface area (Å²) in [6.07, 6.45) is 4.46. The molecular weight excluding hydrogens is 350 g/mol. The second kappa shape index (κ2) is 8.95. The highest BCUT2D eigenvalue weighted by Crippen LogP contribution is 2.26. The van der Waals surface area contributed by atoms with Crippen molar-refractivity contribution in [3.8, 4) is 0 Å². The van der Waals surface area contributed by atoms with Crippen LogP contribution in [-0.4, -0.2) is 35.6 Å². The summed E-state index contributed by atoms with van der Waals surface area (Å²) in [7, 11) is 0. The lowest BCUT2D eigenvalue weighted by atomic mass is 9.89. The third kappa shape index (κ3) is 5.50. The summed E-state index contributed by atoms with van der Waals surface area (Å²) in [6.45, 7) is 4.18. The Balaban J connectivity index is 0.000000216. The van der Waals surface area contributed by atoms with Gasteiger partial charge in [0, 0.05) is 5.69 Å². The largest absolute Gasteiger partial charge is 0.479 e. The van der Waals surface area contributed by atoms with Gasteiger partial charge in [-0.3, -0.25) is 0 Å². The SMILES string of the molecule is C1CN2CCC1CC2.O=C(O)C(Nc1cccc(F)c1)c1ccc(F)cc1. The maximum Gasteiger partial charge on any atom is 0.330 e. The summed E-state index contributed by atoms with van der Waals surface area (Å²) in [5, 5.41) is 11.9. The number of rotatable bonds is 4. The van der Waals surface area contributed by atoms with Crippen LogP contribution in [0.2, 0.25) is 0 Å². The zero-order valence-corrected chi connectivity index (χ0v) is 15.1. The molecule has 1 atom stereocenters. The third-order valence-electron chi connectivity index (χ3n) is 5.15. The van der Waals surface area contributed by atoms with Crippen molar-refractivity contribution in [1.82, 2.24) is 4.90 Å². The Morgan fingerprint density at radius 1 is 1.00 bits per heavy atom. The van der Waals surface area contributed by atoms with E-state index in [1.54, 1.807) is 6.07 Å². The highest BCUT2D eigenvalue weighted by Gasteiger charge is 2.24. The molecule has 5 rings (SSSR count). The van der Waals surface area contributed by atoms with Gasteiger partial charge in [-0.1, -0.05) is 18.2 Å². The van der Waals surface area contributed by atoms with E-state index in [0.717, 1.165) is 5.92 Å². The molecule has 0 aromatic heterocycles. The van der Waals surface area contributed by atoms with Crippen molar-refractivity contribution in [2.24, 2.45) is 5.92 Å². The van der Waals surface area contributed by atoms with Crippen LogP contribution in [0.4, 0.5) is 14.5 Å². The van der Waals surface area contributed by atoms with Crippen LogP contribution in [0.3, 0.4) is 0 Å². The summed E-state index contributed by atoms with van der Waals surface area (Å²) in [5.41, 5.74) is 0.731. The first-order valence-corrected chi connectivity index (χ1v) is 9.24. The Morgan fingerprint density at radius 2 is 1.63 bits per heavy atom. The lowest BCUT2D eigenvalue weighted by molar-refractivity contribution is -0.138. The van der Waals surface area contributed by atoms with Crippen LogP contribution in [0.1, 0.15) is 30.9 Å². The Bertz CT molecular complexity index is 736. The topological polar surface area (TPSA) is 52.6 Å². The van der Waals surface area contributed by atoms with Gasteiger partial charge in [-0.25, -0.2) is 13.6 Å². The van der Waals surface area contributed by atoms with Crippen LogP contribution in [0, 0.1) is 17.6 Å². The Morgan fingerprint density at radius 3 is 2.07 bits per heavy atom. The fourth-order valence-electron chi connectivity index (χ4n) is 3.55. The normalized spacial score (nSPS) is 21.7. The minimum Gasteiger partial charge on any atom is -0.479 e. The summed E-state index contributed by atoms with van der Waals surface area (Å²) >= 11 is 0. The van der Waals surface area contributed by atoms with Crippen molar-refractivity contribution in [3.05, 3.63) is 65.7 Å². The molecule has 27 heavy (non-hydrogen) atoms. The molecule has 2 aromatic rings. The summed E-state index contributed by atoms with van der Waals surface area (Å²) in [5.74, 6) is -0.928. The predicted molar refractivity (Wildman–Crippen MR) is 101 cm³/mol. The van der Waals surface area contributed by atoms with Crippen molar-refractivity contribution in [2.45, 2.75) is 25.3 Å². The van der Waals surface area contributed by atoms with Crippen molar-refractivity contribution in [1.29, 1.82) is 0 Å². The Hall–Kier alpha value is -2.47. The second-order valence-electron chi connectivity index (χ2n) is 7.05. The first-order valence-electron chi connectivity index (χ1n) is 9.24. The van der Waals surface area contributed by atoms with Gasteiger partial charge in [0.25, 0.3) is 0 Å². The molecule has 3 fully saturated rings. The van der Waals surface area contributed by atoms with E-state index < -0.39 is 23.6 Å². The summed E-state index contributed by atoms with van der Waals surface area (Å²) < 4.78 is 25.9. The van der Waals surface area contributed by atoms with Crippen LogP contribution in [-0.2, 0) is 4.79 Å². The van der Waals surface area contributed by atoms with Gasteiger partial charge >= 0.3 is 5.97 Å². The van der Waals surface area contributed by atoms with E-state index in [2.05, 4.69) is 10.2 Å². The minimum atomic E-state index is -1.13. The van der Waals surface area contributed by atoms with Crippen LogP contribution in [0.5, 0.6) is 0 Å². The molecule has 3 saturated heterocycles. The monoisotopic (exact) mass is 374 g/mol. The number of benzene rings is 2. The van der Waals surface area contributed by atoms with E-state index >= 15 is 0 Å². The highest BCUT2D eigenvalue weighted by atomic mass is 19.1. The van der Waals surface area contributed by atoms with E-state index in [0.29, 0.717) is 11.3 Å². The maximum atomic E-state index is 13.0. The number of hydrogen-bond donors (Lipinski definition) is 2. The lowest BCUT2D eigenvalue weighted by Crippen LogP contribution is -2.41. The van der Waals surface area contributed by atoms with Crippen molar-refractivity contribution < 1.29 is 18.7 Å². The van der Waals surface area contributed by atoms with Gasteiger partial charge in [0.15, 0.2) is 6.04 Å². The van der Waals surface area contributed by atoms with Gasteiger partial charge in [0.2, 0.25) is 0 Å². The van der Waals surface area contributed by atoms with E-state index in [-0.39, 0.29) is 0 Å². The van der Waals surface area contributed by atoms with Crippen LogP contribution >= 0.6 is 0 Å². The first kappa shape index (κ1) is 19.3. The van der Waals surface area contributed by atoms with Crippen molar-refractivity contribution >= 4 is 11.7 Å².